The highest BCUT2D eigenvalue weighted by atomic mass is 16.4. The number of carbonyl (C=O) groups excluding carboxylic acids is 1. The molecule has 0 spiro atoms. The van der Waals surface area contributed by atoms with Crippen LogP contribution in [0.3, 0.4) is 0 Å². The van der Waals surface area contributed by atoms with Crippen molar-refractivity contribution in [2.45, 2.75) is 18.9 Å². The molecule has 10 heteroatoms. The van der Waals surface area contributed by atoms with Crippen molar-refractivity contribution in [1.82, 2.24) is 10.6 Å². The Balaban J connectivity index is 2.08. The SMILES string of the molecule is NCCNCc1ccc(C(=O)NC(Cc2cccc(C(=O)O)c2O)B(O)O)cc1. The Bertz CT molecular complexity index is 844. The molecule has 1 amide bonds. The molecule has 0 saturated heterocycles. The molecule has 2 aromatic rings. The van der Waals surface area contributed by atoms with E-state index in [1.807, 2.05) is 0 Å². The second-order valence-corrected chi connectivity index (χ2v) is 6.48. The molecule has 0 aliphatic carbocycles. The van der Waals surface area contributed by atoms with Gasteiger partial charge in [-0.25, -0.2) is 4.79 Å². The number of aromatic hydroxyl groups is 1. The van der Waals surface area contributed by atoms with Crippen molar-refractivity contribution in [3.63, 3.8) is 0 Å². The number of hydrogen-bond donors (Lipinski definition) is 7. The van der Waals surface area contributed by atoms with E-state index in [1.165, 1.54) is 18.2 Å². The fraction of sp³-hybridized carbons (Fsp3) is 0.263. The highest BCUT2D eigenvalue weighted by Gasteiger charge is 2.28. The maximum atomic E-state index is 12.5. The maximum Gasteiger partial charge on any atom is 0.475 e. The molecule has 0 fully saturated rings. The zero-order chi connectivity index (χ0) is 21.4. The predicted molar refractivity (Wildman–Crippen MR) is 107 cm³/mol. The Morgan fingerprint density at radius 3 is 2.38 bits per heavy atom. The van der Waals surface area contributed by atoms with Gasteiger partial charge in [0.15, 0.2) is 0 Å². The maximum absolute atomic E-state index is 12.5. The lowest BCUT2D eigenvalue weighted by molar-refractivity contribution is 0.0693. The van der Waals surface area contributed by atoms with Crippen LogP contribution in [0.4, 0.5) is 0 Å². The lowest BCUT2D eigenvalue weighted by atomic mass is 9.75. The highest BCUT2D eigenvalue weighted by molar-refractivity contribution is 6.43. The summed E-state index contributed by atoms with van der Waals surface area (Å²) in [7, 11) is -1.91. The van der Waals surface area contributed by atoms with Crippen LogP contribution in [0.2, 0.25) is 0 Å². The Kier molecular flexibility index (Phi) is 8.16. The molecule has 0 aromatic heterocycles. The predicted octanol–water partition coefficient (Wildman–Crippen LogP) is -0.508. The average Bonchev–Trinajstić information content (AvgIpc) is 2.69. The van der Waals surface area contributed by atoms with Crippen LogP contribution in [0, 0.1) is 0 Å². The number of aromatic carboxylic acids is 1. The van der Waals surface area contributed by atoms with Crippen LogP contribution in [-0.2, 0) is 13.0 Å². The number of phenols is 1. The number of rotatable bonds is 10. The quantitative estimate of drug-likeness (QED) is 0.207. The number of nitrogens with two attached hydrogens (primary N) is 1. The molecule has 8 N–H and O–H groups in total. The van der Waals surface area contributed by atoms with E-state index in [4.69, 9.17) is 10.8 Å². The monoisotopic (exact) mass is 401 g/mol. The van der Waals surface area contributed by atoms with Crippen molar-refractivity contribution in [3.05, 3.63) is 64.7 Å². The van der Waals surface area contributed by atoms with Crippen LogP contribution in [0.5, 0.6) is 5.75 Å². The molecule has 9 nitrogen and oxygen atoms in total. The zero-order valence-corrected chi connectivity index (χ0v) is 15.7. The van der Waals surface area contributed by atoms with E-state index < -0.39 is 30.7 Å². The number of carboxylic acids is 1. The minimum Gasteiger partial charge on any atom is -0.507 e. The minimum absolute atomic E-state index is 0.169. The van der Waals surface area contributed by atoms with Gasteiger partial charge in [-0.1, -0.05) is 24.3 Å². The third-order valence-electron chi connectivity index (χ3n) is 4.33. The van der Waals surface area contributed by atoms with Crippen molar-refractivity contribution in [1.29, 1.82) is 0 Å². The third kappa shape index (κ3) is 6.29. The average molecular weight is 401 g/mol. The van der Waals surface area contributed by atoms with Gasteiger partial charge in [-0.15, -0.1) is 0 Å². The second kappa shape index (κ2) is 10.6. The number of nitrogens with one attached hydrogen (secondary N) is 2. The van der Waals surface area contributed by atoms with Gasteiger partial charge in [0.2, 0.25) is 0 Å². The highest BCUT2D eigenvalue weighted by Crippen LogP contribution is 2.24. The number of benzene rings is 2. The molecule has 1 unspecified atom stereocenters. The zero-order valence-electron chi connectivity index (χ0n) is 15.7. The lowest BCUT2D eigenvalue weighted by Crippen LogP contribution is -2.47. The summed E-state index contributed by atoms with van der Waals surface area (Å²) in [5, 5.41) is 44.1. The van der Waals surface area contributed by atoms with Crippen LogP contribution in [0.25, 0.3) is 0 Å². The Morgan fingerprint density at radius 1 is 1.10 bits per heavy atom. The van der Waals surface area contributed by atoms with E-state index in [2.05, 4.69) is 10.6 Å². The molecular formula is C19H24BN3O6. The number of hydrogen-bond acceptors (Lipinski definition) is 7. The van der Waals surface area contributed by atoms with Crippen molar-refractivity contribution >= 4 is 19.0 Å². The fourth-order valence-corrected chi connectivity index (χ4v) is 2.76. The van der Waals surface area contributed by atoms with Gasteiger partial charge in [-0.3, -0.25) is 4.79 Å². The number of carboxylic acid groups (broad SMARTS) is 1. The van der Waals surface area contributed by atoms with Gasteiger partial charge in [-0.05, 0) is 35.7 Å². The summed E-state index contributed by atoms with van der Waals surface area (Å²) < 4.78 is 0. The molecule has 2 aromatic carbocycles. The number of carbonyl (C=O) groups is 2. The van der Waals surface area contributed by atoms with E-state index in [9.17, 15) is 24.7 Å². The van der Waals surface area contributed by atoms with Crippen LogP contribution < -0.4 is 16.4 Å². The smallest absolute Gasteiger partial charge is 0.475 e. The van der Waals surface area contributed by atoms with Crippen LogP contribution in [0.15, 0.2) is 42.5 Å². The van der Waals surface area contributed by atoms with Crippen LogP contribution in [-0.4, -0.2) is 58.3 Å². The van der Waals surface area contributed by atoms with E-state index in [1.54, 1.807) is 24.3 Å². The second-order valence-electron chi connectivity index (χ2n) is 6.48. The van der Waals surface area contributed by atoms with Gasteiger partial charge >= 0.3 is 13.1 Å². The van der Waals surface area contributed by atoms with Gasteiger partial charge in [0.05, 0.1) is 5.94 Å². The molecule has 154 valence electrons. The third-order valence-corrected chi connectivity index (χ3v) is 4.33. The van der Waals surface area contributed by atoms with Crippen molar-refractivity contribution in [3.8, 4) is 5.75 Å². The summed E-state index contributed by atoms with van der Waals surface area (Å²) in [6.07, 6.45) is -0.169. The number of amides is 1. The van der Waals surface area contributed by atoms with Crippen molar-refractivity contribution in [2.75, 3.05) is 13.1 Å². The van der Waals surface area contributed by atoms with Gasteiger partial charge < -0.3 is 36.6 Å². The normalized spacial score (nSPS) is 11.7. The minimum atomic E-state index is -1.91. The van der Waals surface area contributed by atoms with E-state index in [0.717, 1.165) is 5.56 Å². The first-order chi connectivity index (χ1) is 13.8. The molecule has 29 heavy (non-hydrogen) atoms. The Morgan fingerprint density at radius 2 is 1.79 bits per heavy atom. The summed E-state index contributed by atoms with van der Waals surface area (Å²) in [4.78, 5) is 23.6. The Labute approximate surface area is 168 Å². The Hall–Kier alpha value is -2.92. The molecule has 0 aliphatic rings. The standard InChI is InChI=1S/C19H24BN3O6/c21-8-9-22-11-12-4-6-13(7-5-12)18(25)23-16(20(28)29)10-14-2-1-3-15(17(14)24)19(26)27/h1-7,16,22,24,28-29H,8-11,21H2,(H,23,25)(H,26,27). The van der Waals surface area contributed by atoms with E-state index >= 15 is 0 Å². The van der Waals surface area contributed by atoms with E-state index in [0.29, 0.717) is 25.2 Å². The lowest BCUT2D eigenvalue weighted by Gasteiger charge is -2.19. The fourth-order valence-electron chi connectivity index (χ4n) is 2.76. The topological polar surface area (TPSA) is 165 Å². The molecule has 0 radical (unpaired) electrons. The molecule has 0 saturated carbocycles. The first kappa shape index (κ1) is 22.4. The first-order valence-corrected chi connectivity index (χ1v) is 9.04. The van der Waals surface area contributed by atoms with Crippen molar-refractivity contribution in [2.24, 2.45) is 5.73 Å². The molecule has 0 heterocycles. The van der Waals surface area contributed by atoms with Gasteiger partial charge in [0.1, 0.15) is 11.3 Å². The summed E-state index contributed by atoms with van der Waals surface area (Å²) in [5.41, 5.74) is 6.56. The number of para-hydroxylation sites is 1. The van der Waals surface area contributed by atoms with Gasteiger partial charge in [0.25, 0.3) is 5.91 Å². The van der Waals surface area contributed by atoms with Crippen LogP contribution >= 0.6 is 0 Å². The molecule has 2 rings (SSSR count). The molecule has 0 bridgehead atoms. The molecule has 0 aliphatic heterocycles. The summed E-state index contributed by atoms with van der Waals surface area (Å²) in [6.45, 7) is 1.81. The summed E-state index contributed by atoms with van der Waals surface area (Å²) >= 11 is 0. The first-order valence-electron chi connectivity index (χ1n) is 9.04. The van der Waals surface area contributed by atoms with Gasteiger partial charge in [-0.2, -0.15) is 0 Å². The largest absolute Gasteiger partial charge is 0.507 e. The summed E-state index contributed by atoms with van der Waals surface area (Å²) in [5.74, 6) is -3.47. The van der Waals surface area contributed by atoms with Crippen molar-refractivity contribution < 1.29 is 29.9 Å². The molecule has 1 atom stereocenters. The van der Waals surface area contributed by atoms with Crippen LogP contribution in [0.1, 0.15) is 31.8 Å². The van der Waals surface area contributed by atoms with E-state index in [-0.39, 0.29) is 17.5 Å². The molecular weight excluding hydrogens is 377 g/mol. The van der Waals surface area contributed by atoms with Gasteiger partial charge in [0, 0.05) is 25.2 Å². The summed E-state index contributed by atoms with van der Waals surface area (Å²) in [6, 6.07) is 10.9.